The van der Waals surface area contributed by atoms with E-state index in [1.54, 1.807) is 6.08 Å². The smallest absolute Gasteiger partial charge is 0.116 e. The molecule has 5 nitrogen and oxygen atoms in total. The third-order valence-electron chi connectivity index (χ3n) is 6.52. The molecule has 4 aromatic rings. The molecule has 1 N–H and O–H groups in total. The summed E-state index contributed by atoms with van der Waals surface area (Å²) < 4.78 is 25.1. The monoisotopic (exact) mass is 538 g/mol. The van der Waals surface area contributed by atoms with Gasteiger partial charge in [0.1, 0.15) is 24.4 Å². The summed E-state index contributed by atoms with van der Waals surface area (Å²) in [6, 6.07) is 39.6. The molecule has 0 aliphatic heterocycles. The van der Waals surface area contributed by atoms with E-state index < -0.39 is 24.4 Å². The van der Waals surface area contributed by atoms with Crippen LogP contribution in [0.4, 0.5) is 0 Å². The summed E-state index contributed by atoms with van der Waals surface area (Å²) in [6.07, 6.45) is -1.21. The van der Waals surface area contributed by atoms with E-state index in [9.17, 15) is 5.11 Å². The molecule has 4 rings (SSSR count). The van der Waals surface area contributed by atoms with Crippen LogP contribution in [0.1, 0.15) is 22.3 Å². The topological polar surface area (TPSA) is 57.2 Å². The Labute approximate surface area is 237 Å². The van der Waals surface area contributed by atoms with Gasteiger partial charge in [-0.1, -0.05) is 127 Å². The third-order valence-corrected chi connectivity index (χ3v) is 6.52. The highest BCUT2D eigenvalue weighted by Gasteiger charge is 2.36. The Balaban J connectivity index is 1.53. The van der Waals surface area contributed by atoms with Gasteiger partial charge >= 0.3 is 0 Å². The van der Waals surface area contributed by atoms with Crippen LogP contribution in [0.15, 0.2) is 134 Å². The Bertz CT molecular complexity index is 1220. The highest BCUT2D eigenvalue weighted by Crippen LogP contribution is 2.22. The van der Waals surface area contributed by atoms with E-state index in [4.69, 9.17) is 18.9 Å². The summed E-state index contributed by atoms with van der Waals surface area (Å²) in [5.74, 6) is 0. The molecule has 0 bridgehead atoms. The molecule has 0 radical (unpaired) electrons. The molecule has 0 spiro atoms. The lowest BCUT2D eigenvalue weighted by Crippen LogP contribution is -2.49. The zero-order chi connectivity index (χ0) is 27.8. The average Bonchev–Trinajstić information content (AvgIpc) is 3.01. The molecule has 0 saturated carbocycles. The minimum Gasteiger partial charge on any atom is -0.388 e. The summed E-state index contributed by atoms with van der Waals surface area (Å²) in [5, 5.41) is 11.4. The summed E-state index contributed by atoms with van der Waals surface area (Å²) in [5.41, 5.74) is 4.07. The van der Waals surface area contributed by atoms with Crippen LogP contribution in [0, 0.1) is 0 Å². The molecule has 0 fully saturated rings. The van der Waals surface area contributed by atoms with Gasteiger partial charge in [0, 0.05) is 0 Å². The Kier molecular flexibility index (Phi) is 12.1. The number of ether oxygens (including phenoxy) is 4. The van der Waals surface area contributed by atoms with Gasteiger partial charge in [-0.05, 0) is 22.3 Å². The second kappa shape index (κ2) is 16.5. The van der Waals surface area contributed by atoms with Crippen molar-refractivity contribution >= 4 is 0 Å². The van der Waals surface area contributed by atoms with Crippen molar-refractivity contribution < 1.29 is 24.1 Å². The summed E-state index contributed by atoms with van der Waals surface area (Å²) in [4.78, 5) is 0. The van der Waals surface area contributed by atoms with E-state index in [0.717, 1.165) is 22.3 Å². The Morgan fingerprint density at radius 2 is 0.900 bits per heavy atom. The number of rotatable bonds is 17. The predicted octanol–water partition coefficient (Wildman–Crippen LogP) is 6.51. The highest BCUT2D eigenvalue weighted by atomic mass is 16.6. The van der Waals surface area contributed by atoms with E-state index in [2.05, 4.69) is 6.58 Å². The van der Waals surface area contributed by atoms with Crippen LogP contribution in [-0.4, -0.2) is 36.1 Å². The molecule has 0 unspecified atom stereocenters. The van der Waals surface area contributed by atoms with Crippen LogP contribution in [0.25, 0.3) is 0 Å². The van der Waals surface area contributed by atoms with Crippen molar-refractivity contribution in [3.63, 3.8) is 0 Å². The molecule has 40 heavy (non-hydrogen) atoms. The Morgan fingerprint density at radius 3 is 1.32 bits per heavy atom. The van der Waals surface area contributed by atoms with E-state index in [-0.39, 0.29) is 6.61 Å². The van der Waals surface area contributed by atoms with Crippen LogP contribution in [0.5, 0.6) is 0 Å². The van der Waals surface area contributed by atoms with Crippen molar-refractivity contribution in [2.45, 2.75) is 50.8 Å². The third kappa shape index (κ3) is 9.56. The van der Waals surface area contributed by atoms with Crippen LogP contribution >= 0.6 is 0 Å². The van der Waals surface area contributed by atoms with Crippen LogP contribution < -0.4 is 0 Å². The highest BCUT2D eigenvalue weighted by molar-refractivity contribution is 5.16. The molecular formula is C35H38O5. The maximum atomic E-state index is 11.4. The number of hydrogen-bond donors (Lipinski definition) is 1. The quantitative estimate of drug-likeness (QED) is 0.155. The molecule has 4 aromatic carbocycles. The molecule has 0 amide bonds. The molecule has 0 heterocycles. The van der Waals surface area contributed by atoms with Crippen molar-refractivity contribution in [3.8, 4) is 0 Å². The van der Waals surface area contributed by atoms with Crippen molar-refractivity contribution in [2.75, 3.05) is 6.61 Å². The standard InChI is InChI=1S/C35H38O5/c1-2-33(38-24-29-17-9-4-10-18-29)35(40-26-31-21-13-6-14-22-31)34(39-25-30-19-11-5-12-20-30)32(36)27-37-23-28-15-7-3-8-16-28/h2-22,32-36H,1,23-27H2/t32-,33-,34-,35+/m1/s1. The van der Waals surface area contributed by atoms with Gasteiger partial charge in [0.05, 0.1) is 33.0 Å². The average molecular weight is 539 g/mol. The minimum absolute atomic E-state index is 0.0715. The molecule has 0 aromatic heterocycles. The molecule has 0 saturated heterocycles. The first kappa shape index (κ1) is 29.4. The van der Waals surface area contributed by atoms with E-state index in [1.807, 2.05) is 121 Å². The molecule has 208 valence electrons. The first-order chi connectivity index (χ1) is 19.7. The van der Waals surface area contributed by atoms with Crippen LogP contribution in [0.2, 0.25) is 0 Å². The molecular weight excluding hydrogens is 500 g/mol. The van der Waals surface area contributed by atoms with Gasteiger partial charge in [-0.2, -0.15) is 0 Å². The number of benzene rings is 4. The Morgan fingerprint density at radius 1 is 0.525 bits per heavy atom. The fourth-order valence-electron chi connectivity index (χ4n) is 4.37. The van der Waals surface area contributed by atoms with Crippen molar-refractivity contribution in [3.05, 3.63) is 156 Å². The predicted molar refractivity (Wildman–Crippen MR) is 157 cm³/mol. The normalized spacial score (nSPS) is 14.2. The van der Waals surface area contributed by atoms with E-state index in [0.29, 0.717) is 26.4 Å². The lowest BCUT2D eigenvalue weighted by atomic mass is 10.0. The summed E-state index contributed by atoms with van der Waals surface area (Å²) in [6.45, 7) is 5.49. The van der Waals surface area contributed by atoms with Crippen molar-refractivity contribution in [1.82, 2.24) is 0 Å². The summed E-state index contributed by atoms with van der Waals surface area (Å²) in [7, 11) is 0. The number of hydrogen-bond acceptors (Lipinski definition) is 5. The first-order valence-corrected chi connectivity index (χ1v) is 13.6. The fourth-order valence-corrected chi connectivity index (χ4v) is 4.37. The maximum Gasteiger partial charge on any atom is 0.116 e. The van der Waals surface area contributed by atoms with Gasteiger partial charge < -0.3 is 24.1 Å². The summed E-state index contributed by atoms with van der Waals surface area (Å²) >= 11 is 0. The lowest BCUT2D eigenvalue weighted by molar-refractivity contribution is -0.178. The second-order valence-electron chi connectivity index (χ2n) is 9.59. The number of aliphatic hydroxyl groups is 1. The Hall–Kier alpha value is -3.58. The van der Waals surface area contributed by atoms with Crippen molar-refractivity contribution in [2.24, 2.45) is 0 Å². The van der Waals surface area contributed by atoms with E-state index >= 15 is 0 Å². The maximum absolute atomic E-state index is 11.4. The molecule has 4 atom stereocenters. The zero-order valence-electron chi connectivity index (χ0n) is 22.8. The van der Waals surface area contributed by atoms with Gasteiger partial charge in [-0.15, -0.1) is 6.58 Å². The van der Waals surface area contributed by atoms with Gasteiger partial charge in [0.15, 0.2) is 0 Å². The number of aliphatic hydroxyl groups excluding tert-OH is 1. The molecule has 5 heteroatoms. The first-order valence-electron chi connectivity index (χ1n) is 13.6. The van der Waals surface area contributed by atoms with Gasteiger partial charge in [-0.25, -0.2) is 0 Å². The fraction of sp³-hybridized carbons (Fsp3) is 0.257. The van der Waals surface area contributed by atoms with Gasteiger partial charge in [0.25, 0.3) is 0 Å². The lowest BCUT2D eigenvalue weighted by Gasteiger charge is -2.35. The molecule has 0 aliphatic carbocycles. The van der Waals surface area contributed by atoms with Gasteiger partial charge in [0.2, 0.25) is 0 Å². The minimum atomic E-state index is -0.976. The van der Waals surface area contributed by atoms with Crippen LogP contribution in [-0.2, 0) is 45.4 Å². The van der Waals surface area contributed by atoms with Crippen LogP contribution in [0.3, 0.4) is 0 Å². The second-order valence-corrected chi connectivity index (χ2v) is 9.59. The van der Waals surface area contributed by atoms with Gasteiger partial charge in [-0.3, -0.25) is 0 Å². The van der Waals surface area contributed by atoms with Crippen molar-refractivity contribution in [1.29, 1.82) is 0 Å². The SMILES string of the molecule is C=C[C@@H](OCc1ccccc1)[C@H](OCc1ccccc1)[C@H](OCc1ccccc1)[C@H](O)COCc1ccccc1. The largest absolute Gasteiger partial charge is 0.388 e. The van der Waals surface area contributed by atoms with E-state index in [1.165, 1.54) is 0 Å². The molecule has 0 aliphatic rings. The zero-order valence-corrected chi connectivity index (χ0v) is 22.8.